The van der Waals surface area contributed by atoms with Crippen LogP contribution in [0.4, 0.5) is 5.69 Å². The third-order valence-corrected chi connectivity index (χ3v) is 4.07. The second-order valence-electron chi connectivity index (χ2n) is 4.93. The van der Waals surface area contributed by atoms with Crippen molar-refractivity contribution in [1.29, 1.82) is 0 Å². The van der Waals surface area contributed by atoms with E-state index in [9.17, 15) is 18.3 Å². The van der Waals surface area contributed by atoms with Gasteiger partial charge in [0.05, 0.1) is 10.5 Å². The van der Waals surface area contributed by atoms with Crippen molar-refractivity contribution in [3.63, 3.8) is 0 Å². The van der Waals surface area contributed by atoms with Crippen molar-refractivity contribution in [2.75, 3.05) is 18.4 Å². The second-order valence-corrected chi connectivity index (χ2v) is 6.69. The molecular formula is C14H20N2O4S. The first kappa shape index (κ1) is 17.2. The van der Waals surface area contributed by atoms with Crippen LogP contribution in [-0.2, 0) is 10.0 Å². The summed E-state index contributed by atoms with van der Waals surface area (Å²) in [7, 11) is -3.74. The Bertz CT molecular complexity index is 624. The van der Waals surface area contributed by atoms with Gasteiger partial charge in [-0.05, 0) is 24.1 Å². The number of nitrogens with one attached hydrogen (secondary N) is 2. The standard InChI is InChI=1S/C14H20N2O4S/c1-4-7-16-21(19,20)11-5-6-13(15-9-10(2)3)12(8-11)14(17)18/h4-6,8,10,15-16H,1,7,9H2,2-3H3,(H,17,18). The average molecular weight is 312 g/mol. The van der Waals surface area contributed by atoms with Gasteiger partial charge in [-0.1, -0.05) is 19.9 Å². The number of anilines is 1. The Labute approximate surface area is 124 Å². The maximum Gasteiger partial charge on any atom is 0.337 e. The summed E-state index contributed by atoms with van der Waals surface area (Å²) in [6, 6.07) is 3.99. The lowest BCUT2D eigenvalue weighted by Crippen LogP contribution is -2.24. The Morgan fingerprint density at radius 1 is 1.43 bits per heavy atom. The molecule has 0 saturated carbocycles. The number of hydrogen-bond donors (Lipinski definition) is 3. The molecule has 0 bridgehead atoms. The summed E-state index contributed by atoms with van der Waals surface area (Å²) in [6.45, 7) is 8.09. The molecule has 0 unspecified atom stereocenters. The second kappa shape index (κ2) is 7.24. The molecule has 7 heteroatoms. The van der Waals surface area contributed by atoms with E-state index in [1.54, 1.807) is 0 Å². The van der Waals surface area contributed by atoms with E-state index in [1.807, 2.05) is 13.8 Å². The zero-order chi connectivity index (χ0) is 16.0. The Hall–Kier alpha value is -1.86. The molecule has 0 radical (unpaired) electrons. The molecule has 6 nitrogen and oxygen atoms in total. The minimum atomic E-state index is -3.74. The molecule has 0 heterocycles. The van der Waals surface area contributed by atoms with Gasteiger partial charge in [-0.2, -0.15) is 0 Å². The first-order chi connectivity index (χ1) is 9.77. The van der Waals surface area contributed by atoms with E-state index in [1.165, 1.54) is 18.2 Å². The highest BCUT2D eigenvalue weighted by atomic mass is 32.2. The van der Waals surface area contributed by atoms with E-state index in [0.29, 0.717) is 18.2 Å². The van der Waals surface area contributed by atoms with E-state index >= 15 is 0 Å². The lowest BCUT2D eigenvalue weighted by Gasteiger charge is -2.13. The maximum atomic E-state index is 12.0. The highest BCUT2D eigenvalue weighted by Gasteiger charge is 2.18. The van der Waals surface area contributed by atoms with Crippen molar-refractivity contribution in [3.8, 4) is 0 Å². The van der Waals surface area contributed by atoms with Gasteiger partial charge in [0.1, 0.15) is 0 Å². The van der Waals surface area contributed by atoms with Gasteiger partial charge in [-0.3, -0.25) is 0 Å². The van der Waals surface area contributed by atoms with E-state index < -0.39 is 16.0 Å². The fourth-order valence-electron chi connectivity index (χ4n) is 1.59. The topological polar surface area (TPSA) is 95.5 Å². The molecule has 0 aliphatic rings. The summed E-state index contributed by atoms with van der Waals surface area (Å²) in [5.74, 6) is -0.841. The number of sulfonamides is 1. The van der Waals surface area contributed by atoms with Crippen LogP contribution in [0.1, 0.15) is 24.2 Å². The van der Waals surface area contributed by atoms with Gasteiger partial charge >= 0.3 is 5.97 Å². The van der Waals surface area contributed by atoms with Gasteiger partial charge < -0.3 is 10.4 Å². The van der Waals surface area contributed by atoms with Crippen LogP contribution in [0.2, 0.25) is 0 Å². The van der Waals surface area contributed by atoms with Gasteiger partial charge in [0, 0.05) is 18.8 Å². The Balaban J connectivity index is 3.14. The maximum absolute atomic E-state index is 12.0. The molecule has 0 saturated heterocycles. The third-order valence-electron chi connectivity index (χ3n) is 2.65. The number of carboxylic acids is 1. The number of rotatable bonds is 8. The number of carboxylic acid groups (broad SMARTS) is 1. The van der Waals surface area contributed by atoms with Crippen LogP contribution in [0, 0.1) is 5.92 Å². The summed E-state index contributed by atoms with van der Waals surface area (Å²) in [6.07, 6.45) is 1.41. The first-order valence-electron chi connectivity index (χ1n) is 6.49. The number of carbonyl (C=O) groups is 1. The van der Waals surface area contributed by atoms with Gasteiger partial charge in [0.2, 0.25) is 10.0 Å². The fourth-order valence-corrected chi connectivity index (χ4v) is 2.61. The minimum Gasteiger partial charge on any atom is -0.478 e. The van der Waals surface area contributed by atoms with Crippen molar-refractivity contribution in [3.05, 3.63) is 36.4 Å². The quantitative estimate of drug-likeness (QED) is 0.637. The predicted octanol–water partition coefficient (Wildman–Crippen LogP) is 1.92. The van der Waals surface area contributed by atoms with Gasteiger partial charge in [0.25, 0.3) is 0 Å². The normalized spacial score (nSPS) is 11.4. The van der Waals surface area contributed by atoms with Crippen LogP contribution in [0.25, 0.3) is 0 Å². The number of benzene rings is 1. The van der Waals surface area contributed by atoms with Crippen LogP contribution in [-0.4, -0.2) is 32.6 Å². The van der Waals surface area contributed by atoms with Gasteiger partial charge in [-0.25, -0.2) is 17.9 Å². The van der Waals surface area contributed by atoms with Crippen molar-refractivity contribution >= 4 is 21.7 Å². The van der Waals surface area contributed by atoms with Gasteiger partial charge in [0.15, 0.2) is 0 Å². The summed E-state index contributed by atoms with van der Waals surface area (Å²) < 4.78 is 26.2. The van der Waals surface area contributed by atoms with Crippen molar-refractivity contribution in [1.82, 2.24) is 4.72 Å². The molecule has 21 heavy (non-hydrogen) atoms. The highest BCUT2D eigenvalue weighted by molar-refractivity contribution is 7.89. The summed E-state index contributed by atoms with van der Waals surface area (Å²) in [4.78, 5) is 11.2. The zero-order valence-corrected chi connectivity index (χ0v) is 12.9. The molecule has 0 amide bonds. The molecule has 0 aromatic heterocycles. The van der Waals surface area contributed by atoms with Crippen molar-refractivity contribution in [2.24, 2.45) is 5.92 Å². The molecule has 0 fully saturated rings. The highest BCUT2D eigenvalue weighted by Crippen LogP contribution is 2.21. The number of aromatic carboxylic acids is 1. The fraction of sp³-hybridized carbons (Fsp3) is 0.357. The van der Waals surface area contributed by atoms with Crippen LogP contribution in [0.15, 0.2) is 35.7 Å². The van der Waals surface area contributed by atoms with E-state index in [4.69, 9.17) is 0 Å². The van der Waals surface area contributed by atoms with E-state index in [2.05, 4.69) is 16.6 Å². The van der Waals surface area contributed by atoms with Crippen LogP contribution in [0.5, 0.6) is 0 Å². The molecule has 1 aromatic rings. The monoisotopic (exact) mass is 312 g/mol. The molecule has 116 valence electrons. The van der Waals surface area contributed by atoms with Crippen LogP contribution in [0.3, 0.4) is 0 Å². The molecular weight excluding hydrogens is 292 g/mol. The number of hydrogen-bond acceptors (Lipinski definition) is 4. The Kier molecular flexibility index (Phi) is 5.92. The molecule has 1 rings (SSSR count). The lowest BCUT2D eigenvalue weighted by molar-refractivity contribution is 0.0697. The molecule has 0 aliphatic heterocycles. The van der Waals surface area contributed by atoms with Crippen molar-refractivity contribution < 1.29 is 18.3 Å². The zero-order valence-electron chi connectivity index (χ0n) is 12.1. The average Bonchev–Trinajstić information content (AvgIpc) is 2.42. The van der Waals surface area contributed by atoms with E-state index in [0.717, 1.165) is 6.07 Å². The largest absolute Gasteiger partial charge is 0.478 e. The SMILES string of the molecule is C=CCNS(=O)(=O)c1ccc(NCC(C)C)c(C(=O)O)c1. The lowest BCUT2D eigenvalue weighted by atomic mass is 10.1. The molecule has 1 aromatic carbocycles. The van der Waals surface area contributed by atoms with E-state index in [-0.39, 0.29) is 17.0 Å². The predicted molar refractivity (Wildman–Crippen MR) is 82.1 cm³/mol. The Morgan fingerprint density at radius 2 is 2.10 bits per heavy atom. The van der Waals surface area contributed by atoms with Crippen LogP contribution >= 0.6 is 0 Å². The summed E-state index contributed by atoms with van der Waals surface area (Å²) >= 11 is 0. The van der Waals surface area contributed by atoms with Crippen molar-refractivity contribution in [2.45, 2.75) is 18.7 Å². The smallest absolute Gasteiger partial charge is 0.337 e. The van der Waals surface area contributed by atoms with Gasteiger partial charge in [-0.15, -0.1) is 6.58 Å². The first-order valence-corrected chi connectivity index (χ1v) is 7.98. The molecule has 0 atom stereocenters. The Morgan fingerprint density at radius 3 is 2.62 bits per heavy atom. The molecule has 0 spiro atoms. The molecule has 0 aliphatic carbocycles. The minimum absolute atomic E-state index is 0.0721. The molecule has 3 N–H and O–H groups in total. The third kappa shape index (κ3) is 4.87. The summed E-state index contributed by atoms with van der Waals surface area (Å²) in [5, 5.41) is 12.2. The summed E-state index contributed by atoms with van der Waals surface area (Å²) in [5.41, 5.74) is 0.330. The van der Waals surface area contributed by atoms with Crippen LogP contribution < -0.4 is 10.0 Å².